The molecule has 1 aliphatic heterocycles. The topological polar surface area (TPSA) is 221 Å². The molecule has 0 aromatic heterocycles. The lowest BCUT2D eigenvalue weighted by Gasteiger charge is -2.67. The fraction of sp³-hybridized carbons (Fsp3) is 0.556. The molecule has 15 nitrogen and oxygen atoms in total. The number of esters is 4. The molecule has 322 valence electrons. The van der Waals surface area contributed by atoms with Crippen LogP contribution >= 0.6 is 0 Å². The van der Waals surface area contributed by atoms with Gasteiger partial charge in [0.15, 0.2) is 23.6 Å². The molecular formula is C45H53NO14. The molecule has 4 aliphatic carbocycles. The number of nitrogens with one attached hydrogen (secondary N) is 1. The van der Waals surface area contributed by atoms with Crippen LogP contribution in [0.2, 0.25) is 0 Å². The molecule has 1 saturated heterocycles. The zero-order valence-electron chi connectivity index (χ0n) is 34.5. The summed E-state index contributed by atoms with van der Waals surface area (Å²) in [6.45, 7) is 8.05. The second-order valence-corrected chi connectivity index (χ2v) is 17.7. The minimum atomic E-state index is -2.37. The zero-order valence-corrected chi connectivity index (χ0v) is 34.5. The molecule has 2 aromatic rings. The van der Waals surface area contributed by atoms with Crippen LogP contribution in [0.1, 0.15) is 95.6 Å². The number of ether oxygens (including phenoxy) is 5. The number of benzene rings is 2. The molecule has 4 N–H and O–H groups in total. The van der Waals surface area contributed by atoms with Crippen LogP contribution in [0.3, 0.4) is 0 Å². The molecule has 15 heteroatoms. The van der Waals surface area contributed by atoms with Crippen LogP contribution < -0.4 is 5.32 Å². The second kappa shape index (κ2) is 15.8. The number of aliphatic hydroxyl groups is 3. The van der Waals surface area contributed by atoms with Crippen molar-refractivity contribution < 1.29 is 67.8 Å². The Bertz CT molecular complexity index is 2080. The quantitative estimate of drug-likeness (QED) is 0.154. The summed E-state index contributed by atoms with van der Waals surface area (Å²) in [5.74, 6) is -6.75. The van der Waals surface area contributed by atoms with Gasteiger partial charge < -0.3 is 44.3 Å². The van der Waals surface area contributed by atoms with E-state index in [2.05, 4.69) is 5.32 Å². The van der Waals surface area contributed by atoms with Crippen LogP contribution in [-0.4, -0.2) is 105 Å². The number of carbonyl (C=O) groups is 6. The highest BCUT2D eigenvalue weighted by Gasteiger charge is 2.78. The van der Waals surface area contributed by atoms with Crippen molar-refractivity contribution in [2.24, 2.45) is 22.7 Å². The molecular weight excluding hydrogens is 778 g/mol. The lowest BCUT2D eigenvalue weighted by molar-refractivity contribution is -0.346. The predicted molar refractivity (Wildman–Crippen MR) is 209 cm³/mol. The van der Waals surface area contributed by atoms with E-state index < -0.39 is 107 Å². The average molecular weight is 832 g/mol. The normalized spacial score (nSPS) is 34.0. The second-order valence-electron chi connectivity index (χ2n) is 17.7. The smallest absolute Gasteiger partial charge is 0.338 e. The first-order valence-corrected chi connectivity index (χ1v) is 20.4. The summed E-state index contributed by atoms with van der Waals surface area (Å²) in [4.78, 5) is 83.0. The van der Waals surface area contributed by atoms with Crippen LogP contribution in [0.4, 0.5) is 0 Å². The van der Waals surface area contributed by atoms with E-state index in [1.54, 1.807) is 62.4 Å². The Balaban J connectivity index is 1.39. The largest absolute Gasteiger partial charge is 0.456 e. The van der Waals surface area contributed by atoms with E-state index in [4.69, 9.17) is 23.7 Å². The average Bonchev–Trinajstić information content (AvgIpc) is 3.17. The Morgan fingerprint density at radius 2 is 1.53 bits per heavy atom. The standard InChI is InChI=1S/C45H53NO14/c1-23-29(58-41(54)34(50)33(26-14-9-7-10-15-26)46-39(52)27-18-13-19-27)21-45(55)38(59-40(53)28-16-11-8-12-17-28)36-43(6,30(49)20-31-44(36,22-56-31)60-25(3)48)37(51)35(57-24(2)47)32(23)42(45,4)5/h7-12,14-17,27,29-31,33-36,38,49-50,55H,13,18-22H2,1-6H3,(H,46,52)/t29-,30-,31+,33?,34+,35+,36-,38-,43+,44-,45+/m0/s1. The molecule has 7 rings (SSSR count). The van der Waals surface area contributed by atoms with Crippen molar-refractivity contribution in [1.29, 1.82) is 0 Å². The summed E-state index contributed by atoms with van der Waals surface area (Å²) in [5.41, 5.74) is -7.08. The van der Waals surface area contributed by atoms with Gasteiger partial charge in [-0.1, -0.05) is 68.8 Å². The number of amides is 1. The van der Waals surface area contributed by atoms with Crippen LogP contribution in [0.15, 0.2) is 71.8 Å². The van der Waals surface area contributed by atoms with Gasteiger partial charge in [-0.05, 0) is 55.5 Å². The number of rotatable bonds is 10. The molecule has 5 aliphatic rings. The third kappa shape index (κ3) is 6.92. The molecule has 2 aromatic carbocycles. The molecule has 0 spiro atoms. The summed E-state index contributed by atoms with van der Waals surface area (Å²) < 4.78 is 30.3. The molecule has 1 heterocycles. The lowest BCUT2D eigenvalue weighted by atomic mass is 9.44. The van der Waals surface area contributed by atoms with E-state index in [1.165, 1.54) is 26.0 Å². The van der Waals surface area contributed by atoms with Gasteiger partial charge in [-0.2, -0.15) is 0 Å². The first-order chi connectivity index (χ1) is 28.3. The van der Waals surface area contributed by atoms with Gasteiger partial charge >= 0.3 is 23.9 Å². The van der Waals surface area contributed by atoms with Crippen LogP contribution in [0, 0.1) is 22.7 Å². The highest BCUT2D eigenvalue weighted by Crippen LogP contribution is 2.64. The summed E-state index contributed by atoms with van der Waals surface area (Å²) in [6.07, 6.45) is -8.09. The van der Waals surface area contributed by atoms with Crippen molar-refractivity contribution in [2.75, 3.05) is 6.61 Å². The third-order valence-corrected chi connectivity index (χ3v) is 13.9. The van der Waals surface area contributed by atoms with E-state index in [1.807, 2.05) is 0 Å². The van der Waals surface area contributed by atoms with E-state index in [0.717, 1.165) is 20.3 Å². The van der Waals surface area contributed by atoms with Gasteiger partial charge in [0.05, 0.1) is 35.6 Å². The first-order valence-electron chi connectivity index (χ1n) is 20.4. The summed E-state index contributed by atoms with van der Waals surface area (Å²) in [5, 5.41) is 40.2. The van der Waals surface area contributed by atoms with E-state index >= 15 is 4.79 Å². The molecule has 4 fully saturated rings. The Hall–Kier alpha value is -4.96. The zero-order chi connectivity index (χ0) is 43.5. The first kappa shape index (κ1) is 43.1. The van der Waals surface area contributed by atoms with Crippen LogP contribution in [0.25, 0.3) is 0 Å². The number of hydrogen-bond donors (Lipinski definition) is 4. The predicted octanol–water partition coefficient (Wildman–Crippen LogP) is 3.22. The number of ketones is 1. The molecule has 11 atom stereocenters. The Labute approximate surface area is 347 Å². The number of fused-ring (bicyclic) bond motifs is 5. The van der Waals surface area contributed by atoms with Crippen LogP contribution in [0.5, 0.6) is 0 Å². The lowest BCUT2D eigenvalue weighted by Crippen LogP contribution is -2.82. The molecule has 2 bridgehead atoms. The monoisotopic (exact) mass is 831 g/mol. The highest BCUT2D eigenvalue weighted by molar-refractivity contribution is 5.95. The Kier molecular flexibility index (Phi) is 11.4. The Morgan fingerprint density at radius 1 is 0.900 bits per heavy atom. The van der Waals surface area contributed by atoms with Crippen molar-refractivity contribution in [3.8, 4) is 0 Å². The maximum Gasteiger partial charge on any atom is 0.338 e. The van der Waals surface area contributed by atoms with Crippen LogP contribution in [-0.2, 0) is 47.7 Å². The van der Waals surface area contributed by atoms with Crippen molar-refractivity contribution in [2.45, 2.75) is 128 Å². The number of hydrogen-bond acceptors (Lipinski definition) is 14. The maximum absolute atomic E-state index is 15.5. The van der Waals surface area contributed by atoms with Crippen molar-refractivity contribution in [3.63, 3.8) is 0 Å². The summed E-state index contributed by atoms with van der Waals surface area (Å²) in [6, 6.07) is 15.1. The van der Waals surface area contributed by atoms with Gasteiger partial charge in [0.25, 0.3) is 0 Å². The fourth-order valence-electron chi connectivity index (χ4n) is 10.3. The summed E-state index contributed by atoms with van der Waals surface area (Å²) in [7, 11) is 0. The van der Waals surface area contributed by atoms with Gasteiger partial charge in [0.2, 0.25) is 5.91 Å². The maximum atomic E-state index is 15.5. The van der Waals surface area contributed by atoms with Crippen molar-refractivity contribution in [1.82, 2.24) is 5.32 Å². The van der Waals surface area contributed by atoms with E-state index in [9.17, 15) is 39.3 Å². The third-order valence-electron chi connectivity index (χ3n) is 13.9. The molecule has 3 saturated carbocycles. The molecule has 0 radical (unpaired) electrons. The van der Waals surface area contributed by atoms with E-state index in [0.29, 0.717) is 18.4 Å². The van der Waals surface area contributed by atoms with Gasteiger partial charge in [0, 0.05) is 38.0 Å². The molecule has 1 amide bonds. The van der Waals surface area contributed by atoms with Gasteiger partial charge in [-0.25, -0.2) is 9.59 Å². The SMILES string of the molecule is CC(=O)O[C@H]1C(=O)[C@@]2(C)[C@H]([C@H](OC(=O)c3ccccc3)[C@]3(O)C[C@H](OC(=O)[C@H](O)C(NC(=O)C4CCC4)c4ccccc4)C(C)=C1C3(C)C)[C@]1(OC(C)=O)CO[C@@H]1C[C@@H]2O. The Morgan fingerprint density at radius 3 is 2.08 bits per heavy atom. The van der Waals surface area contributed by atoms with E-state index in [-0.39, 0.29) is 41.6 Å². The number of Topliss-reactive ketones (excluding diaryl/α,β-unsaturated/α-hetero) is 1. The minimum absolute atomic E-state index is 0.0165. The van der Waals surface area contributed by atoms with Gasteiger partial charge in [-0.15, -0.1) is 0 Å². The minimum Gasteiger partial charge on any atom is -0.456 e. The van der Waals surface area contributed by atoms with Gasteiger partial charge in [0.1, 0.15) is 23.9 Å². The van der Waals surface area contributed by atoms with Gasteiger partial charge in [-0.3, -0.25) is 19.2 Å². The summed E-state index contributed by atoms with van der Waals surface area (Å²) >= 11 is 0. The van der Waals surface area contributed by atoms with Crippen molar-refractivity contribution >= 4 is 35.6 Å². The highest BCUT2D eigenvalue weighted by atomic mass is 16.6. The number of aliphatic hydroxyl groups excluding tert-OH is 2. The van der Waals surface area contributed by atoms with Crippen molar-refractivity contribution in [3.05, 3.63) is 82.9 Å². The fourth-order valence-corrected chi connectivity index (χ4v) is 10.3. The molecule has 60 heavy (non-hydrogen) atoms. The molecule has 1 unspecified atom stereocenters. The number of carbonyl (C=O) groups excluding carboxylic acids is 6.